The number of furan rings is 1. The Morgan fingerprint density at radius 2 is 1.96 bits per heavy atom. The molecular weight excluding hydrogens is 300 g/mol. The smallest absolute Gasteiger partial charge is 0.254 e. The first kappa shape index (κ1) is 16.2. The number of amides is 1. The highest BCUT2D eigenvalue weighted by Gasteiger charge is 2.18. The van der Waals surface area contributed by atoms with Crippen molar-refractivity contribution in [3.05, 3.63) is 65.2 Å². The van der Waals surface area contributed by atoms with Crippen molar-refractivity contribution < 1.29 is 9.21 Å². The van der Waals surface area contributed by atoms with E-state index in [2.05, 4.69) is 18.8 Å². The van der Waals surface area contributed by atoms with Crippen molar-refractivity contribution in [2.45, 2.75) is 33.2 Å². The van der Waals surface area contributed by atoms with Crippen LogP contribution in [0.25, 0.3) is 10.9 Å². The topological polar surface area (TPSA) is 46.3 Å². The summed E-state index contributed by atoms with van der Waals surface area (Å²) in [5.41, 5.74) is 2.48. The average Bonchev–Trinajstić information content (AvgIpc) is 2.97. The first-order valence-corrected chi connectivity index (χ1v) is 8.16. The Morgan fingerprint density at radius 3 is 2.62 bits per heavy atom. The Labute approximate surface area is 142 Å². The molecule has 0 aliphatic carbocycles. The minimum absolute atomic E-state index is 0.0236. The van der Waals surface area contributed by atoms with Gasteiger partial charge < -0.3 is 9.32 Å². The van der Waals surface area contributed by atoms with E-state index in [1.165, 1.54) is 0 Å². The van der Waals surface area contributed by atoms with Crippen molar-refractivity contribution in [3.8, 4) is 0 Å². The Morgan fingerprint density at radius 1 is 1.21 bits per heavy atom. The number of carbonyl (C=O) groups is 1. The fourth-order valence-corrected chi connectivity index (χ4v) is 2.75. The highest BCUT2D eigenvalue weighted by atomic mass is 16.3. The van der Waals surface area contributed by atoms with E-state index >= 15 is 0 Å². The van der Waals surface area contributed by atoms with E-state index in [0.717, 1.165) is 28.1 Å². The monoisotopic (exact) mass is 322 g/mol. The molecule has 124 valence electrons. The summed E-state index contributed by atoms with van der Waals surface area (Å²) in [6, 6.07) is 13.5. The van der Waals surface area contributed by atoms with Gasteiger partial charge in [0.05, 0.1) is 17.6 Å². The summed E-state index contributed by atoms with van der Waals surface area (Å²) in [6.07, 6.45) is 0. The van der Waals surface area contributed by atoms with Gasteiger partial charge in [-0.2, -0.15) is 0 Å². The van der Waals surface area contributed by atoms with Crippen LogP contribution in [0, 0.1) is 6.92 Å². The summed E-state index contributed by atoms with van der Waals surface area (Å²) in [7, 11) is 1.80. The number of hydrogen-bond donors (Lipinski definition) is 0. The molecule has 0 radical (unpaired) electrons. The molecule has 0 fully saturated rings. The Kier molecular flexibility index (Phi) is 4.38. The van der Waals surface area contributed by atoms with Crippen LogP contribution < -0.4 is 0 Å². The minimum atomic E-state index is -0.0236. The highest BCUT2D eigenvalue weighted by molar-refractivity contribution is 6.06. The molecule has 0 saturated heterocycles. The van der Waals surface area contributed by atoms with Crippen LogP contribution in [0.5, 0.6) is 0 Å². The van der Waals surface area contributed by atoms with Gasteiger partial charge in [-0.15, -0.1) is 0 Å². The van der Waals surface area contributed by atoms with E-state index in [1.54, 1.807) is 11.9 Å². The van der Waals surface area contributed by atoms with Crippen molar-refractivity contribution in [3.63, 3.8) is 0 Å². The van der Waals surface area contributed by atoms with Crippen LogP contribution in [0.15, 0.2) is 46.9 Å². The lowest BCUT2D eigenvalue weighted by Crippen LogP contribution is -2.26. The molecule has 4 nitrogen and oxygen atoms in total. The number of benzene rings is 1. The second-order valence-electron chi connectivity index (χ2n) is 6.44. The van der Waals surface area contributed by atoms with E-state index in [1.807, 2.05) is 49.4 Å². The lowest BCUT2D eigenvalue weighted by molar-refractivity contribution is 0.0776. The molecule has 24 heavy (non-hydrogen) atoms. The largest absolute Gasteiger partial charge is 0.464 e. The van der Waals surface area contributed by atoms with Crippen LogP contribution in [-0.2, 0) is 6.54 Å². The average molecular weight is 322 g/mol. The Bertz CT molecular complexity index is 880. The van der Waals surface area contributed by atoms with Crippen LogP contribution >= 0.6 is 0 Å². The summed E-state index contributed by atoms with van der Waals surface area (Å²) in [6.45, 7) is 6.51. The van der Waals surface area contributed by atoms with Gasteiger partial charge in [-0.25, -0.2) is 0 Å². The molecule has 0 N–H and O–H groups in total. The molecule has 0 unspecified atom stereocenters. The molecule has 0 saturated carbocycles. The van der Waals surface area contributed by atoms with Gasteiger partial charge in [-0.1, -0.05) is 32.0 Å². The first-order valence-electron chi connectivity index (χ1n) is 8.16. The van der Waals surface area contributed by atoms with Crippen LogP contribution in [-0.4, -0.2) is 22.8 Å². The zero-order chi connectivity index (χ0) is 17.3. The van der Waals surface area contributed by atoms with Gasteiger partial charge in [-0.05, 0) is 37.1 Å². The van der Waals surface area contributed by atoms with Gasteiger partial charge in [0.25, 0.3) is 5.91 Å². The molecule has 4 heteroatoms. The molecule has 1 amide bonds. The number of para-hydroxylation sites is 1. The van der Waals surface area contributed by atoms with Gasteiger partial charge in [0.15, 0.2) is 0 Å². The highest BCUT2D eigenvalue weighted by Crippen LogP contribution is 2.24. The Hall–Kier alpha value is -2.62. The number of nitrogens with zero attached hydrogens (tertiary/aromatic N) is 2. The number of fused-ring (bicyclic) bond motifs is 1. The van der Waals surface area contributed by atoms with E-state index in [4.69, 9.17) is 4.42 Å². The van der Waals surface area contributed by atoms with E-state index < -0.39 is 0 Å². The zero-order valence-corrected chi connectivity index (χ0v) is 14.5. The maximum Gasteiger partial charge on any atom is 0.254 e. The third-order valence-electron chi connectivity index (χ3n) is 4.09. The normalized spacial score (nSPS) is 11.2. The molecule has 0 aliphatic heterocycles. The second kappa shape index (κ2) is 6.48. The summed E-state index contributed by atoms with van der Waals surface area (Å²) in [5.74, 6) is 1.87. The van der Waals surface area contributed by atoms with Gasteiger partial charge in [0, 0.05) is 18.1 Å². The Balaban J connectivity index is 1.98. The number of aromatic nitrogens is 1. The molecule has 2 aromatic heterocycles. The van der Waals surface area contributed by atoms with Gasteiger partial charge in [-0.3, -0.25) is 9.78 Å². The van der Waals surface area contributed by atoms with Gasteiger partial charge in [0.1, 0.15) is 11.5 Å². The van der Waals surface area contributed by atoms with E-state index in [0.29, 0.717) is 12.1 Å². The predicted octanol–water partition coefficient (Wildman–Crippen LogP) is 4.53. The third kappa shape index (κ3) is 3.18. The summed E-state index contributed by atoms with van der Waals surface area (Å²) >= 11 is 0. The van der Waals surface area contributed by atoms with Crippen molar-refractivity contribution in [2.24, 2.45) is 0 Å². The standard InChI is InChI=1S/C20H22N2O2/c1-13(2)19-11-17(16-7-5-6-8-18(16)21-19)20(23)22(4)12-15-10-9-14(3)24-15/h5-11,13H,12H2,1-4H3. The molecule has 3 rings (SSSR count). The van der Waals surface area contributed by atoms with Crippen molar-refractivity contribution in [2.75, 3.05) is 7.05 Å². The molecule has 3 aromatic rings. The number of hydrogen-bond acceptors (Lipinski definition) is 3. The van der Waals surface area contributed by atoms with Crippen LogP contribution in [0.3, 0.4) is 0 Å². The maximum atomic E-state index is 13.0. The van der Waals surface area contributed by atoms with E-state index in [-0.39, 0.29) is 11.8 Å². The molecule has 0 bridgehead atoms. The fourth-order valence-electron chi connectivity index (χ4n) is 2.75. The quantitative estimate of drug-likeness (QED) is 0.709. The summed E-state index contributed by atoms with van der Waals surface area (Å²) in [5, 5.41) is 0.884. The molecule has 2 heterocycles. The van der Waals surface area contributed by atoms with Crippen LogP contribution in [0.1, 0.15) is 47.3 Å². The summed E-state index contributed by atoms with van der Waals surface area (Å²) < 4.78 is 5.58. The molecular formula is C20H22N2O2. The number of pyridine rings is 1. The molecule has 1 aromatic carbocycles. The lowest BCUT2D eigenvalue weighted by Gasteiger charge is -2.18. The van der Waals surface area contributed by atoms with Crippen LogP contribution in [0.4, 0.5) is 0 Å². The lowest BCUT2D eigenvalue weighted by atomic mass is 10.0. The van der Waals surface area contributed by atoms with Crippen molar-refractivity contribution in [1.29, 1.82) is 0 Å². The van der Waals surface area contributed by atoms with Gasteiger partial charge >= 0.3 is 0 Å². The second-order valence-corrected chi connectivity index (χ2v) is 6.44. The third-order valence-corrected chi connectivity index (χ3v) is 4.09. The first-order chi connectivity index (χ1) is 11.5. The SMILES string of the molecule is Cc1ccc(CN(C)C(=O)c2cc(C(C)C)nc3ccccc23)o1. The van der Waals surface area contributed by atoms with E-state index in [9.17, 15) is 4.79 Å². The molecule has 0 aliphatic rings. The van der Waals surface area contributed by atoms with Crippen LogP contribution in [0.2, 0.25) is 0 Å². The zero-order valence-electron chi connectivity index (χ0n) is 14.5. The van der Waals surface area contributed by atoms with Crippen molar-refractivity contribution in [1.82, 2.24) is 9.88 Å². The van der Waals surface area contributed by atoms with Crippen molar-refractivity contribution >= 4 is 16.8 Å². The number of rotatable bonds is 4. The summed E-state index contributed by atoms with van der Waals surface area (Å²) in [4.78, 5) is 19.4. The maximum absolute atomic E-state index is 13.0. The molecule has 0 spiro atoms. The van der Waals surface area contributed by atoms with Gasteiger partial charge in [0.2, 0.25) is 0 Å². The minimum Gasteiger partial charge on any atom is -0.464 e. The number of carbonyl (C=O) groups excluding carboxylic acids is 1. The fraction of sp³-hybridized carbons (Fsp3) is 0.300. The number of aryl methyl sites for hydroxylation is 1. The predicted molar refractivity (Wildman–Crippen MR) is 95.1 cm³/mol. The molecule has 0 atom stereocenters.